The van der Waals surface area contributed by atoms with E-state index in [-0.39, 0.29) is 28.8 Å². The Morgan fingerprint density at radius 3 is 2.29 bits per heavy atom. The Balaban J connectivity index is 2.25. The lowest BCUT2D eigenvalue weighted by Gasteiger charge is -2.23. The van der Waals surface area contributed by atoms with Crippen molar-refractivity contribution in [2.24, 2.45) is 0 Å². The standard InChI is InChI=1S/C26H30F3NO4/c1-6-10-30(11-7-2)14-19-20(31)9-8-18-22(32)24(25(26(27,28)29)34-23(18)19)33-21-13-15(3)12-16(4)17(21)5/h8-9,12-13,31H,6-7,10-11,14H2,1-5H3. The minimum atomic E-state index is -5.00. The maximum Gasteiger partial charge on any atom is 0.453 e. The van der Waals surface area contributed by atoms with Gasteiger partial charge in [-0.2, -0.15) is 13.2 Å². The zero-order chi connectivity index (χ0) is 25.2. The molecule has 184 valence electrons. The molecule has 0 saturated carbocycles. The summed E-state index contributed by atoms with van der Waals surface area (Å²) in [5.41, 5.74) is 1.02. The van der Waals surface area contributed by atoms with Crippen LogP contribution in [0.5, 0.6) is 17.2 Å². The van der Waals surface area contributed by atoms with Crippen molar-refractivity contribution in [1.29, 1.82) is 0 Å². The number of ether oxygens (including phenoxy) is 1. The van der Waals surface area contributed by atoms with Gasteiger partial charge in [0.05, 0.1) is 18.5 Å². The van der Waals surface area contributed by atoms with Crippen molar-refractivity contribution in [3.63, 3.8) is 0 Å². The maximum absolute atomic E-state index is 14.1. The van der Waals surface area contributed by atoms with Crippen molar-refractivity contribution < 1.29 is 32.3 Å². The van der Waals surface area contributed by atoms with Gasteiger partial charge in [0.2, 0.25) is 11.2 Å². The van der Waals surface area contributed by atoms with Gasteiger partial charge in [0.15, 0.2) is 0 Å². The molecule has 0 atom stereocenters. The Labute approximate surface area is 196 Å². The SMILES string of the molecule is CCC[NH+](CCC)Cc1c([O-])ccc2c(=O)c(Oc3cc(C)cc(C)c3C)c(C(F)(F)F)oc12. The third-order valence-electron chi connectivity index (χ3n) is 5.95. The van der Waals surface area contributed by atoms with Crippen molar-refractivity contribution >= 4 is 11.0 Å². The first kappa shape index (κ1) is 25.6. The van der Waals surface area contributed by atoms with E-state index in [2.05, 4.69) is 0 Å². The third kappa shape index (κ3) is 5.22. The number of nitrogens with one attached hydrogen (secondary N) is 1. The molecule has 5 nitrogen and oxygen atoms in total. The van der Waals surface area contributed by atoms with Gasteiger partial charge in [-0.05, 0) is 62.4 Å². The average Bonchev–Trinajstić information content (AvgIpc) is 2.74. The Bertz CT molecular complexity index is 1240. The number of benzene rings is 2. The topological polar surface area (TPSA) is 66.9 Å². The molecule has 0 aliphatic heterocycles. The van der Waals surface area contributed by atoms with E-state index in [1.165, 1.54) is 12.1 Å². The Morgan fingerprint density at radius 1 is 1.06 bits per heavy atom. The summed E-state index contributed by atoms with van der Waals surface area (Å²) >= 11 is 0. The van der Waals surface area contributed by atoms with E-state index in [1.807, 2.05) is 26.8 Å². The fraction of sp³-hybridized carbons (Fsp3) is 0.423. The van der Waals surface area contributed by atoms with Gasteiger partial charge >= 0.3 is 6.18 Å². The first-order valence-corrected chi connectivity index (χ1v) is 11.4. The van der Waals surface area contributed by atoms with Crippen LogP contribution in [-0.2, 0) is 12.7 Å². The fourth-order valence-electron chi connectivity index (χ4n) is 4.20. The highest BCUT2D eigenvalue weighted by molar-refractivity contribution is 5.83. The number of fused-ring (bicyclic) bond motifs is 1. The summed E-state index contributed by atoms with van der Waals surface area (Å²) in [6.45, 7) is 11.0. The summed E-state index contributed by atoms with van der Waals surface area (Å²) in [6.07, 6.45) is -3.30. The molecule has 1 N–H and O–H groups in total. The van der Waals surface area contributed by atoms with Crippen LogP contribution >= 0.6 is 0 Å². The van der Waals surface area contributed by atoms with Crippen LogP contribution in [0.3, 0.4) is 0 Å². The second kappa shape index (κ2) is 10.1. The maximum atomic E-state index is 14.1. The van der Waals surface area contributed by atoms with Crippen LogP contribution in [0, 0.1) is 20.8 Å². The highest BCUT2D eigenvalue weighted by Gasteiger charge is 2.41. The smallest absolute Gasteiger partial charge is 0.453 e. The van der Waals surface area contributed by atoms with Crippen LogP contribution < -0.4 is 20.2 Å². The Hall–Kier alpha value is -3.00. The van der Waals surface area contributed by atoms with Gasteiger partial charge in [0, 0.05) is 5.56 Å². The summed E-state index contributed by atoms with van der Waals surface area (Å²) in [6, 6.07) is 5.88. The molecule has 0 spiro atoms. The number of alkyl halides is 3. The molecule has 2 aromatic carbocycles. The molecule has 0 amide bonds. The number of quaternary nitrogens is 1. The van der Waals surface area contributed by atoms with Crippen LogP contribution in [0.1, 0.15) is 54.7 Å². The second-order valence-electron chi connectivity index (χ2n) is 8.74. The molecule has 8 heteroatoms. The minimum Gasteiger partial charge on any atom is -0.872 e. The molecular formula is C26H30F3NO4. The number of aryl methyl sites for hydroxylation is 2. The molecule has 3 rings (SSSR count). The molecule has 1 heterocycles. The molecular weight excluding hydrogens is 447 g/mol. The number of hydrogen-bond donors (Lipinski definition) is 1. The van der Waals surface area contributed by atoms with Crippen LogP contribution in [0.4, 0.5) is 13.2 Å². The molecule has 1 aromatic heterocycles. The molecule has 0 unspecified atom stereocenters. The summed E-state index contributed by atoms with van der Waals surface area (Å²) in [4.78, 5) is 14.3. The highest BCUT2D eigenvalue weighted by Crippen LogP contribution is 2.40. The summed E-state index contributed by atoms with van der Waals surface area (Å²) in [5, 5.41) is 12.6. The van der Waals surface area contributed by atoms with Gasteiger partial charge in [-0.25, -0.2) is 0 Å². The summed E-state index contributed by atoms with van der Waals surface area (Å²) in [5.74, 6) is -2.77. The third-order valence-corrected chi connectivity index (χ3v) is 5.95. The molecule has 0 aliphatic rings. The van der Waals surface area contributed by atoms with E-state index in [1.54, 1.807) is 19.9 Å². The first-order valence-electron chi connectivity index (χ1n) is 11.4. The first-order chi connectivity index (χ1) is 16.0. The van der Waals surface area contributed by atoms with Crippen molar-refractivity contribution in [1.82, 2.24) is 0 Å². The van der Waals surface area contributed by atoms with Crippen molar-refractivity contribution in [2.45, 2.75) is 60.2 Å². The fourth-order valence-corrected chi connectivity index (χ4v) is 4.20. The van der Waals surface area contributed by atoms with Crippen LogP contribution in [0.15, 0.2) is 33.5 Å². The average molecular weight is 478 g/mol. The normalized spacial score (nSPS) is 12.0. The lowest BCUT2D eigenvalue weighted by atomic mass is 10.1. The second-order valence-corrected chi connectivity index (χ2v) is 8.74. The van der Waals surface area contributed by atoms with Crippen LogP contribution in [-0.4, -0.2) is 13.1 Å². The van der Waals surface area contributed by atoms with Crippen molar-refractivity contribution in [2.75, 3.05) is 13.1 Å². The van der Waals surface area contributed by atoms with E-state index < -0.39 is 28.9 Å². The van der Waals surface area contributed by atoms with E-state index in [9.17, 15) is 23.1 Å². The molecule has 3 aromatic rings. The van der Waals surface area contributed by atoms with Crippen LogP contribution in [0.25, 0.3) is 11.0 Å². The predicted octanol–water partition coefficient (Wildman–Crippen LogP) is 4.81. The molecule has 0 bridgehead atoms. The number of hydrogen-bond acceptors (Lipinski definition) is 4. The van der Waals surface area contributed by atoms with Gasteiger partial charge < -0.3 is 19.2 Å². The van der Waals surface area contributed by atoms with Gasteiger partial charge in [-0.15, -0.1) is 0 Å². The molecule has 0 saturated heterocycles. The van der Waals surface area contributed by atoms with Crippen LogP contribution in [0.2, 0.25) is 0 Å². The summed E-state index contributed by atoms with van der Waals surface area (Å²) < 4.78 is 53.1. The number of halogens is 3. The van der Waals surface area contributed by atoms with E-state index >= 15 is 0 Å². The van der Waals surface area contributed by atoms with E-state index in [4.69, 9.17) is 9.15 Å². The molecule has 0 fully saturated rings. The van der Waals surface area contributed by atoms with Gasteiger partial charge in [0.1, 0.15) is 17.9 Å². The zero-order valence-corrected chi connectivity index (χ0v) is 20.1. The lowest BCUT2D eigenvalue weighted by Crippen LogP contribution is -3.10. The quantitative estimate of drug-likeness (QED) is 0.506. The number of rotatable bonds is 8. The zero-order valence-electron chi connectivity index (χ0n) is 20.1. The Kier molecular flexibility index (Phi) is 7.60. The van der Waals surface area contributed by atoms with Crippen molar-refractivity contribution in [3.8, 4) is 17.2 Å². The van der Waals surface area contributed by atoms with E-state index in [0.29, 0.717) is 5.56 Å². The largest absolute Gasteiger partial charge is 0.872 e. The monoisotopic (exact) mass is 477 g/mol. The lowest BCUT2D eigenvalue weighted by molar-refractivity contribution is -0.914. The predicted molar refractivity (Wildman–Crippen MR) is 123 cm³/mol. The Morgan fingerprint density at radius 2 is 1.71 bits per heavy atom. The van der Waals surface area contributed by atoms with Crippen molar-refractivity contribution in [3.05, 3.63) is 62.5 Å². The molecule has 0 radical (unpaired) electrons. The van der Waals surface area contributed by atoms with E-state index in [0.717, 1.165) is 42.0 Å². The molecule has 0 aliphatic carbocycles. The van der Waals surface area contributed by atoms with Gasteiger partial charge in [-0.3, -0.25) is 4.79 Å². The van der Waals surface area contributed by atoms with Gasteiger partial charge in [0.25, 0.3) is 5.76 Å². The summed E-state index contributed by atoms with van der Waals surface area (Å²) in [7, 11) is 0. The van der Waals surface area contributed by atoms with Gasteiger partial charge in [-0.1, -0.05) is 31.7 Å². The highest BCUT2D eigenvalue weighted by atomic mass is 19.4. The molecule has 34 heavy (non-hydrogen) atoms. The minimum absolute atomic E-state index is 0.0751.